The number of carbonyl (C=O) groups is 2. The molecule has 0 radical (unpaired) electrons. The first-order valence-corrected chi connectivity index (χ1v) is 9.30. The fourth-order valence-electron chi connectivity index (χ4n) is 2.48. The van der Waals surface area contributed by atoms with Crippen LogP contribution in [-0.4, -0.2) is 25.2 Å². The molecule has 2 unspecified atom stereocenters. The first-order chi connectivity index (χ1) is 13.9. The molecule has 0 aliphatic heterocycles. The van der Waals surface area contributed by atoms with E-state index >= 15 is 0 Å². The molecule has 0 heterocycles. The third-order valence-electron chi connectivity index (χ3n) is 4.25. The Labute approximate surface area is 171 Å². The van der Waals surface area contributed by atoms with Crippen molar-refractivity contribution in [2.75, 3.05) is 13.2 Å². The fourth-order valence-corrected chi connectivity index (χ4v) is 2.48. The predicted octanol–water partition coefficient (Wildman–Crippen LogP) is 4.60. The molecule has 2 atom stereocenters. The van der Waals surface area contributed by atoms with Crippen LogP contribution in [0.4, 0.5) is 0 Å². The summed E-state index contributed by atoms with van der Waals surface area (Å²) in [5.74, 6) is -1.30. The molecule has 2 rings (SSSR count). The summed E-state index contributed by atoms with van der Waals surface area (Å²) in [5, 5.41) is 0. The lowest BCUT2D eigenvalue weighted by Crippen LogP contribution is -2.30. The number of hydrogen-bond acceptors (Lipinski definition) is 5. The molecular formula is C24H26O5. The van der Waals surface area contributed by atoms with Crippen molar-refractivity contribution in [3.05, 3.63) is 85.0 Å². The maximum absolute atomic E-state index is 12.5. The molecule has 0 aliphatic rings. The highest BCUT2D eigenvalue weighted by atomic mass is 16.5. The molecule has 0 bridgehead atoms. The highest BCUT2D eigenvalue weighted by Crippen LogP contribution is 2.19. The summed E-state index contributed by atoms with van der Waals surface area (Å²) < 4.78 is 16.4. The summed E-state index contributed by atoms with van der Waals surface area (Å²) in [7, 11) is 0. The van der Waals surface area contributed by atoms with Gasteiger partial charge in [0.25, 0.3) is 0 Å². The Kier molecular flexibility index (Phi) is 8.37. The average Bonchev–Trinajstić information content (AvgIpc) is 2.68. The zero-order chi connectivity index (χ0) is 21.2. The van der Waals surface area contributed by atoms with Gasteiger partial charge < -0.3 is 14.2 Å². The summed E-state index contributed by atoms with van der Waals surface area (Å²) in [4.78, 5) is 24.9. The number of carbonyl (C=O) groups excluding carboxylic acids is 2. The van der Waals surface area contributed by atoms with E-state index in [4.69, 9.17) is 14.2 Å². The van der Waals surface area contributed by atoms with E-state index in [0.717, 1.165) is 0 Å². The second kappa shape index (κ2) is 11.0. The van der Waals surface area contributed by atoms with E-state index < -0.39 is 23.8 Å². The van der Waals surface area contributed by atoms with E-state index in [9.17, 15) is 9.59 Å². The summed E-state index contributed by atoms with van der Waals surface area (Å²) in [6, 6.07) is 17.6. The SMILES string of the molecule is C=C(C)C(COCC(C(=C)C)C(=O)Oc1ccccc1)C(=O)Oc1ccccc1. The highest BCUT2D eigenvalue weighted by molar-refractivity contribution is 5.78. The maximum atomic E-state index is 12.5. The number of para-hydroxylation sites is 2. The molecule has 29 heavy (non-hydrogen) atoms. The molecule has 152 valence electrons. The van der Waals surface area contributed by atoms with E-state index in [2.05, 4.69) is 13.2 Å². The Hall–Kier alpha value is -3.18. The molecule has 0 fully saturated rings. The van der Waals surface area contributed by atoms with Gasteiger partial charge in [0.15, 0.2) is 0 Å². The molecule has 2 aromatic rings. The minimum atomic E-state index is -0.647. The van der Waals surface area contributed by atoms with Gasteiger partial charge in [-0.3, -0.25) is 9.59 Å². The first-order valence-electron chi connectivity index (χ1n) is 9.30. The molecule has 5 nitrogen and oxygen atoms in total. The molecule has 0 spiro atoms. The van der Waals surface area contributed by atoms with Crippen molar-refractivity contribution in [2.24, 2.45) is 11.8 Å². The van der Waals surface area contributed by atoms with Crippen LogP contribution in [0.1, 0.15) is 13.8 Å². The topological polar surface area (TPSA) is 61.8 Å². The molecule has 0 saturated heterocycles. The van der Waals surface area contributed by atoms with Crippen molar-refractivity contribution in [3.8, 4) is 11.5 Å². The third-order valence-corrected chi connectivity index (χ3v) is 4.25. The molecule has 0 aromatic heterocycles. The van der Waals surface area contributed by atoms with Crippen molar-refractivity contribution in [2.45, 2.75) is 13.8 Å². The number of rotatable bonds is 10. The minimum Gasteiger partial charge on any atom is -0.426 e. The normalized spacial score (nSPS) is 12.5. The van der Waals surface area contributed by atoms with Gasteiger partial charge in [-0.25, -0.2) is 0 Å². The van der Waals surface area contributed by atoms with Gasteiger partial charge in [-0.1, -0.05) is 60.7 Å². The molecule has 2 aromatic carbocycles. The maximum Gasteiger partial charge on any atom is 0.320 e. The van der Waals surface area contributed by atoms with E-state index in [0.29, 0.717) is 22.6 Å². The smallest absolute Gasteiger partial charge is 0.320 e. The van der Waals surface area contributed by atoms with Crippen molar-refractivity contribution in [1.82, 2.24) is 0 Å². The van der Waals surface area contributed by atoms with E-state index in [1.807, 2.05) is 12.1 Å². The van der Waals surface area contributed by atoms with Gasteiger partial charge in [0.2, 0.25) is 0 Å². The molecule has 0 N–H and O–H groups in total. The van der Waals surface area contributed by atoms with Crippen LogP contribution in [0.25, 0.3) is 0 Å². The van der Waals surface area contributed by atoms with Crippen LogP contribution in [-0.2, 0) is 14.3 Å². The van der Waals surface area contributed by atoms with Gasteiger partial charge in [-0.05, 0) is 38.1 Å². The number of esters is 2. The predicted molar refractivity (Wildman–Crippen MR) is 112 cm³/mol. The van der Waals surface area contributed by atoms with Crippen molar-refractivity contribution < 1.29 is 23.8 Å². The highest BCUT2D eigenvalue weighted by Gasteiger charge is 2.26. The van der Waals surface area contributed by atoms with Gasteiger partial charge in [-0.2, -0.15) is 0 Å². The van der Waals surface area contributed by atoms with Crippen molar-refractivity contribution in [1.29, 1.82) is 0 Å². The Morgan fingerprint density at radius 2 is 1.07 bits per heavy atom. The lowest BCUT2D eigenvalue weighted by Gasteiger charge is -2.19. The fraction of sp³-hybridized carbons (Fsp3) is 0.250. The molecule has 5 heteroatoms. The molecule has 0 aliphatic carbocycles. The first kappa shape index (κ1) is 22.1. The Bertz CT molecular complexity index is 771. The zero-order valence-electron chi connectivity index (χ0n) is 16.8. The summed E-state index contributed by atoms with van der Waals surface area (Å²) in [6.45, 7) is 11.3. The second-order valence-electron chi connectivity index (χ2n) is 6.80. The Balaban J connectivity index is 1.93. The van der Waals surface area contributed by atoms with Crippen molar-refractivity contribution >= 4 is 11.9 Å². The van der Waals surface area contributed by atoms with E-state index in [-0.39, 0.29) is 13.2 Å². The van der Waals surface area contributed by atoms with Crippen LogP contribution >= 0.6 is 0 Å². The lowest BCUT2D eigenvalue weighted by molar-refractivity contribution is -0.141. The van der Waals surface area contributed by atoms with Crippen LogP contribution < -0.4 is 9.47 Å². The van der Waals surface area contributed by atoms with Crippen LogP contribution in [0.2, 0.25) is 0 Å². The van der Waals surface area contributed by atoms with Gasteiger partial charge >= 0.3 is 11.9 Å². The monoisotopic (exact) mass is 394 g/mol. The van der Waals surface area contributed by atoms with Crippen LogP contribution in [0.15, 0.2) is 85.0 Å². The van der Waals surface area contributed by atoms with Crippen molar-refractivity contribution in [3.63, 3.8) is 0 Å². The molecular weight excluding hydrogens is 368 g/mol. The van der Waals surface area contributed by atoms with Crippen LogP contribution in [0.5, 0.6) is 11.5 Å². The third kappa shape index (κ3) is 7.05. The quantitative estimate of drug-likeness (QED) is 0.335. The number of benzene rings is 2. The largest absolute Gasteiger partial charge is 0.426 e. The molecule has 0 amide bonds. The Morgan fingerprint density at radius 1 is 0.724 bits per heavy atom. The Morgan fingerprint density at radius 3 is 1.38 bits per heavy atom. The minimum absolute atomic E-state index is 0.0450. The summed E-state index contributed by atoms with van der Waals surface area (Å²) >= 11 is 0. The summed E-state index contributed by atoms with van der Waals surface area (Å²) in [6.07, 6.45) is 0. The van der Waals surface area contributed by atoms with E-state index in [1.54, 1.807) is 62.4 Å². The average molecular weight is 394 g/mol. The van der Waals surface area contributed by atoms with E-state index in [1.165, 1.54) is 0 Å². The van der Waals surface area contributed by atoms with Crippen LogP contribution in [0, 0.1) is 11.8 Å². The standard InChI is InChI=1S/C24H26O5/c1-17(2)21(23(25)28-19-11-7-5-8-12-19)15-27-16-22(18(3)4)24(26)29-20-13-9-6-10-14-20/h5-14,21-22H,1,3,15-16H2,2,4H3. The number of hydrogen-bond donors (Lipinski definition) is 0. The molecule has 0 saturated carbocycles. The van der Waals surface area contributed by atoms with Gasteiger partial charge in [0, 0.05) is 0 Å². The lowest BCUT2D eigenvalue weighted by atomic mass is 10.0. The summed E-state index contributed by atoms with van der Waals surface area (Å²) in [5.41, 5.74) is 1.23. The zero-order valence-corrected chi connectivity index (χ0v) is 16.8. The van der Waals surface area contributed by atoms with Crippen LogP contribution in [0.3, 0.4) is 0 Å². The number of ether oxygens (including phenoxy) is 3. The van der Waals surface area contributed by atoms with Gasteiger partial charge in [0.1, 0.15) is 23.3 Å². The van der Waals surface area contributed by atoms with Gasteiger partial charge in [0.05, 0.1) is 13.2 Å². The van der Waals surface area contributed by atoms with Gasteiger partial charge in [-0.15, -0.1) is 0 Å². The second-order valence-corrected chi connectivity index (χ2v) is 6.80.